The van der Waals surface area contributed by atoms with E-state index < -0.39 is 16.1 Å². The van der Waals surface area contributed by atoms with E-state index in [4.69, 9.17) is 0 Å². The Bertz CT molecular complexity index is 832. The number of carbonyl (C=O) groups excluding carboxylic acids is 1. The number of amides is 1. The molecule has 0 radical (unpaired) electrons. The van der Waals surface area contributed by atoms with Crippen LogP contribution in [0.3, 0.4) is 0 Å². The summed E-state index contributed by atoms with van der Waals surface area (Å²) in [5.41, 5.74) is 3.52. The second kappa shape index (κ2) is 7.02. The van der Waals surface area contributed by atoms with E-state index in [0.29, 0.717) is 6.54 Å². The molecule has 1 aliphatic heterocycles. The van der Waals surface area contributed by atoms with Crippen LogP contribution in [0.15, 0.2) is 39.9 Å². The van der Waals surface area contributed by atoms with E-state index in [9.17, 15) is 13.2 Å². The Morgan fingerprint density at radius 1 is 1.29 bits per heavy atom. The van der Waals surface area contributed by atoms with Crippen molar-refractivity contribution >= 4 is 27.3 Å². The lowest BCUT2D eigenvalue weighted by Crippen LogP contribution is -2.44. The van der Waals surface area contributed by atoms with Gasteiger partial charge in [0.15, 0.2) is 0 Å². The monoisotopic (exact) mass is 365 g/mol. The molecule has 6 nitrogen and oxygen atoms in total. The molecular formula is C16H19N3O3S2. The molecule has 2 heterocycles. The topological polar surface area (TPSA) is 87.3 Å². The predicted molar refractivity (Wildman–Crippen MR) is 92.9 cm³/mol. The Morgan fingerprint density at radius 3 is 2.83 bits per heavy atom. The summed E-state index contributed by atoms with van der Waals surface area (Å²) in [7, 11) is -3.65. The van der Waals surface area contributed by atoms with Gasteiger partial charge < -0.3 is 10.6 Å². The van der Waals surface area contributed by atoms with E-state index >= 15 is 0 Å². The Hall–Kier alpha value is -1.74. The molecule has 1 atom stereocenters. The Labute approximate surface area is 145 Å². The standard InChI is InChI=1S/C16H19N3O3S2/c1-11(19-24(21,22)15-3-2-6-23-15)16(20)18-8-12-4-5-13-9-17-10-14(13)7-12/h2-7,11,17,19H,8-10H2,1H3,(H,18,20). The second-order valence-corrected chi connectivity index (χ2v) is 8.59. The van der Waals surface area contributed by atoms with Crippen molar-refractivity contribution in [1.82, 2.24) is 15.4 Å². The van der Waals surface area contributed by atoms with Gasteiger partial charge in [-0.2, -0.15) is 4.72 Å². The molecule has 0 bridgehead atoms. The maximum atomic E-state index is 12.2. The summed E-state index contributed by atoms with van der Waals surface area (Å²) < 4.78 is 26.8. The molecule has 1 aliphatic rings. The summed E-state index contributed by atoms with van der Waals surface area (Å²) in [6, 6.07) is 8.43. The first-order chi connectivity index (χ1) is 11.5. The Morgan fingerprint density at radius 2 is 2.08 bits per heavy atom. The highest BCUT2D eigenvalue weighted by Gasteiger charge is 2.22. The van der Waals surface area contributed by atoms with Crippen molar-refractivity contribution in [3.05, 3.63) is 52.4 Å². The molecule has 0 saturated carbocycles. The number of rotatable bonds is 6. The van der Waals surface area contributed by atoms with E-state index in [1.54, 1.807) is 11.4 Å². The van der Waals surface area contributed by atoms with Crippen molar-refractivity contribution in [2.24, 2.45) is 0 Å². The van der Waals surface area contributed by atoms with Crippen LogP contribution in [0.4, 0.5) is 0 Å². The van der Waals surface area contributed by atoms with Gasteiger partial charge in [0.1, 0.15) is 4.21 Å². The average Bonchev–Trinajstić information content (AvgIpc) is 3.22. The predicted octanol–water partition coefficient (Wildman–Crippen LogP) is 1.33. The van der Waals surface area contributed by atoms with Crippen molar-refractivity contribution < 1.29 is 13.2 Å². The normalized spacial score (nSPS) is 15.0. The fourth-order valence-electron chi connectivity index (χ4n) is 2.56. The van der Waals surface area contributed by atoms with Crippen LogP contribution >= 0.6 is 11.3 Å². The van der Waals surface area contributed by atoms with Crippen LogP contribution in [0, 0.1) is 0 Å². The highest BCUT2D eigenvalue weighted by atomic mass is 32.2. The first kappa shape index (κ1) is 17.1. The van der Waals surface area contributed by atoms with Crippen molar-refractivity contribution in [3.8, 4) is 0 Å². The highest BCUT2D eigenvalue weighted by molar-refractivity contribution is 7.91. The fraction of sp³-hybridized carbons (Fsp3) is 0.312. The molecular weight excluding hydrogens is 346 g/mol. The van der Waals surface area contributed by atoms with Gasteiger partial charge in [-0.1, -0.05) is 24.3 Å². The minimum Gasteiger partial charge on any atom is -0.351 e. The maximum Gasteiger partial charge on any atom is 0.250 e. The third-order valence-electron chi connectivity index (χ3n) is 3.85. The molecule has 1 unspecified atom stereocenters. The van der Waals surface area contributed by atoms with Gasteiger partial charge in [0.05, 0.1) is 6.04 Å². The summed E-state index contributed by atoms with van der Waals surface area (Å²) in [6.45, 7) is 3.63. The van der Waals surface area contributed by atoms with Gasteiger partial charge in [-0.15, -0.1) is 11.3 Å². The van der Waals surface area contributed by atoms with Gasteiger partial charge in [0.2, 0.25) is 5.91 Å². The number of sulfonamides is 1. The van der Waals surface area contributed by atoms with Crippen molar-refractivity contribution in [2.45, 2.75) is 36.8 Å². The van der Waals surface area contributed by atoms with Crippen LogP contribution in [-0.4, -0.2) is 20.4 Å². The lowest BCUT2D eigenvalue weighted by atomic mass is 10.1. The third-order valence-corrected chi connectivity index (χ3v) is 6.79. The highest BCUT2D eigenvalue weighted by Crippen LogP contribution is 2.17. The number of benzene rings is 1. The minimum atomic E-state index is -3.65. The van der Waals surface area contributed by atoms with Gasteiger partial charge in [0, 0.05) is 19.6 Å². The van der Waals surface area contributed by atoms with Crippen LogP contribution in [-0.2, 0) is 34.5 Å². The molecule has 0 aliphatic carbocycles. The van der Waals surface area contributed by atoms with Crippen molar-refractivity contribution in [2.75, 3.05) is 0 Å². The number of hydrogen-bond acceptors (Lipinski definition) is 5. The van der Waals surface area contributed by atoms with Gasteiger partial charge in [-0.05, 0) is 35.1 Å². The Kier molecular flexibility index (Phi) is 5.00. The quantitative estimate of drug-likeness (QED) is 0.721. The third kappa shape index (κ3) is 3.84. The first-order valence-corrected chi connectivity index (χ1v) is 9.97. The van der Waals surface area contributed by atoms with Crippen molar-refractivity contribution in [1.29, 1.82) is 0 Å². The molecule has 8 heteroatoms. The van der Waals surface area contributed by atoms with Crippen LogP contribution in [0.2, 0.25) is 0 Å². The molecule has 128 valence electrons. The van der Waals surface area contributed by atoms with Crippen LogP contribution in [0.25, 0.3) is 0 Å². The summed E-state index contributed by atoms with van der Waals surface area (Å²) in [5.74, 6) is -0.353. The summed E-state index contributed by atoms with van der Waals surface area (Å²) in [4.78, 5) is 12.2. The lowest BCUT2D eigenvalue weighted by molar-refractivity contribution is -0.122. The SMILES string of the molecule is CC(NS(=O)(=O)c1cccs1)C(=O)NCc1ccc2c(c1)CNC2. The molecule has 0 spiro atoms. The molecule has 1 aromatic carbocycles. The maximum absolute atomic E-state index is 12.2. The second-order valence-electron chi connectivity index (χ2n) is 5.70. The molecule has 1 amide bonds. The van der Waals surface area contributed by atoms with Crippen molar-refractivity contribution in [3.63, 3.8) is 0 Å². The number of fused-ring (bicyclic) bond motifs is 1. The van der Waals surface area contributed by atoms with Crippen LogP contribution < -0.4 is 15.4 Å². The summed E-state index contributed by atoms with van der Waals surface area (Å²) >= 11 is 1.12. The van der Waals surface area contributed by atoms with E-state index in [-0.39, 0.29) is 10.1 Å². The van der Waals surface area contributed by atoms with Gasteiger partial charge in [-0.3, -0.25) is 4.79 Å². The molecule has 1 aromatic heterocycles. The smallest absolute Gasteiger partial charge is 0.250 e. The molecule has 3 N–H and O–H groups in total. The van der Waals surface area contributed by atoms with E-state index in [1.807, 2.05) is 6.07 Å². The average molecular weight is 365 g/mol. The molecule has 24 heavy (non-hydrogen) atoms. The number of hydrogen-bond donors (Lipinski definition) is 3. The van der Waals surface area contributed by atoms with E-state index in [0.717, 1.165) is 30.0 Å². The number of carbonyl (C=O) groups is 1. The zero-order valence-corrected chi connectivity index (χ0v) is 14.8. The molecule has 0 fully saturated rings. The van der Waals surface area contributed by atoms with Gasteiger partial charge >= 0.3 is 0 Å². The largest absolute Gasteiger partial charge is 0.351 e. The summed E-state index contributed by atoms with van der Waals surface area (Å²) in [6.07, 6.45) is 0. The zero-order valence-electron chi connectivity index (χ0n) is 13.2. The number of thiophene rings is 1. The molecule has 0 saturated heterocycles. The lowest BCUT2D eigenvalue weighted by Gasteiger charge is -2.14. The van der Waals surface area contributed by atoms with Crippen LogP contribution in [0.5, 0.6) is 0 Å². The molecule has 2 aromatic rings. The fourth-order valence-corrected chi connectivity index (χ4v) is 4.77. The number of nitrogens with one attached hydrogen (secondary N) is 3. The minimum absolute atomic E-state index is 0.202. The van der Waals surface area contributed by atoms with E-state index in [2.05, 4.69) is 27.5 Å². The first-order valence-electron chi connectivity index (χ1n) is 7.60. The zero-order chi connectivity index (χ0) is 17.2. The van der Waals surface area contributed by atoms with E-state index in [1.165, 1.54) is 24.1 Å². The van der Waals surface area contributed by atoms with Gasteiger partial charge in [-0.25, -0.2) is 8.42 Å². The van der Waals surface area contributed by atoms with Gasteiger partial charge in [0.25, 0.3) is 10.0 Å². The summed E-state index contributed by atoms with van der Waals surface area (Å²) in [5, 5.41) is 7.73. The van der Waals surface area contributed by atoms with Crippen LogP contribution in [0.1, 0.15) is 23.6 Å². The Balaban J connectivity index is 1.57. The molecule has 3 rings (SSSR count).